The van der Waals surface area contributed by atoms with Gasteiger partial charge in [-0.15, -0.1) is 0 Å². The van der Waals surface area contributed by atoms with E-state index in [1.54, 1.807) is 23.3 Å². The van der Waals surface area contributed by atoms with E-state index in [1.807, 2.05) is 43.8 Å². The van der Waals surface area contributed by atoms with Gasteiger partial charge in [0.15, 0.2) is 6.10 Å². The molecule has 0 amide bonds. The Morgan fingerprint density at radius 1 is 1.25 bits per heavy atom. The number of hydrogen-bond donors (Lipinski definition) is 0. The second kappa shape index (κ2) is 8.37. The fourth-order valence-electron chi connectivity index (χ4n) is 2.97. The van der Waals surface area contributed by atoms with E-state index in [9.17, 15) is 4.79 Å². The summed E-state index contributed by atoms with van der Waals surface area (Å²) < 4.78 is 9.52. The van der Waals surface area contributed by atoms with Crippen LogP contribution in [0.25, 0.3) is 0 Å². The molecule has 0 aliphatic rings. The van der Waals surface area contributed by atoms with Crippen molar-refractivity contribution < 1.29 is 9.53 Å². The van der Waals surface area contributed by atoms with Crippen LogP contribution in [-0.2, 0) is 18.3 Å². The van der Waals surface area contributed by atoms with Gasteiger partial charge >= 0.3 is 5.97 Å². The molecule has 3 aromatic heterocycles. The van der Waals surface area contributed by atoms with Gasteiger partial charge in [0.25, 0.3) is 0 Å². The van der Waals surface area contributed by atoms with Crippen LogP contribution in [0.3, 0.4) is 0 Å². The Hall–Kier alpha value is -2.96. The maximum Gasteiger partial charge on any atom is 0.342 e. The molecule has 0 N–H and O–H groups in total. The molecule has 1 unspecified atom stereocenters. The van der Waals surface area contributed by atoms with E-state index in [4.69, 9.17) is 4.74 Å². The molecule has 0 spiro atoms. The first-order valence-electron chi connectivity index (χ1n) is 9.50. The zero-order chi connectivity index (χ0) is 20.3. The van der Waals surface area contributed by atoms with Gasteiger partial charge < -0.3 is 4.74 Å². The second-order valence-electron chi connectivity index (χ2n) is 7.46. The third-order valence-corrected chi connectivity index (χ3v) is 4.85. The topological polar surface area (TPSA) is 74.8 Å². The van der Waals surface area contributed by atoms with Gasteiger partial charge in [-0.25, -0.2) is 4.79 Å². The highest BCUT2D eigenvalue weighted by molar-refractivity contribution is 5.90. The van der Waals surface area contributed by atoms with Gasteiger partial charge in [0.05, 0.1) is 6.20 Å². The van der Waals surface area contributed by atoms with Gasteiger partial charge in [-0.2, -0.15) is 10.2 Å². The first kappa shape index (κ1) is 19.8. The minimum Gasteiger partial charge on any atom is -0.447 e. The lowest BCUT2D eigenvalue weighted by Crippen LogP contribution is -2.15. The van der Waals surface area contributed by atoms with Crippen LogP contribution >= 0.6 is 0 Å². The van der Waals surface area contributed by atoms with Crippen molar-refractivity contribution in [2.75, 3.05) is 0 Å². The highest BCUT2D eigenvalue weighted by Gasteiger charge is 2.25. The molecule has 0 saturated heterocycles. The van der Waals surface area contributed by atoms with E-state index in [0.717, 1.165) is 29.9 Å². The van der Waals surface area contributed by atoms with E-state index >= 15 is 0 Å². The van der Waals surface area contributed by atoms with E-state index in [-0.39, 0.29) is 0 Å². The molecule has 0 radical (unpaired) electrons. The second-order valence-corrected chi connectivity index (χ2v) is 7.46. The number of ether oxygens (including phenoxy) is 1. The van der Waals surface area contributed by atoms with Crippen molar-refractivity contribution in [3.8, 4) is 0 Å². The SMILES string of the molecule is Cc1cc(C(OC(=O)c2cnn(CCC(C)C)c2C)c2cccnc2)nn1C. The molecule has 0 saturated carbocycles. The smallest absolute Gasteiger partial charge is 0.342 e. The molecule has 7 heteroatoms. The quantitative estimate of drug-likeness (QED) is 0.584. The van der Waals surface area contributed by atoms with Gasteiger partial charge in [-0.3, -0.25) is 14.3 Å². The third kappa shape index (κ3) is 4.30. The Balaban J connectivity index is 1.86. The van der Waals surface area contributed by atoms with Crippen molar-refractivity contribution in [3.05, 3.63) is 65.0 Å². The van der Waals surface area contributed by atoms with Crippen molar-refractivity contribution in [1.82, 2.24) is 24.5 Å². The fourth-order valence-corrected chi connectivity index (χ4v) is 2.97. The van der Waals surface area contributed by atoms with Gasteiger partial charge in [0.2, 0.25) is 0 Å². The number of carbonyl (C=O) groups is 1. The molecule has 0 fully saturated rings. The maximum absolute atomic E-state index is 12.9. The maximum atomic E-state index is 12.9. The zero-order valence-electron chi connectivity index (χ0n) is 17.1. The zero-order valence-corrected chi connectivity index (χ0v) is 17.1. The van der Waals surface area contributed by atoms with Crippen LogP contribution in [0.15, 0.2) is 36.8 Å². The summed E-state index contributed by atoms with van der Waals surface area (Å²) >= 11 is 0. The minimum atomic E-state index is -0.625. The van der Waals surface area contributed by atoms with Crippen LogP contribution in [0.1, 0.15) is 59.4 Å². The molecule has 3 heterocycles. The Bertz CT molecular complexity index is 924. The molecule has 7 nitrogen and oxygen atoms in total. The standard InChI is InChI=1S/C21H27N5O2/c1-14(2)8-10-26-16(4)18(13-23-26)21(27)28-20(17-7-6-9-22-12-17)19-11-15(3)25(5)24-19/h6-7,9,11-14,20H,8,10H2,1-5H3. The normalized spacial score (nSPS) is 12.4. The lowest BCUT2D eigenvalue weighted by atomic mass is 10.1. The van der Waals surface area contributed by atoms with Gasteiger partial charge in [-0.05, 0) is 38.3 Å². The van der Waals surface area contributed by atoms with Crippen molar-refractivity contribution in [2.45, 2.75) is 46.8 Å². The fraction of sp³-hybridized carbons (Fsp3) is 0.429. The molecular weight excluding hydrogens is 354 g/mol. The molecule has 0 aromatic carbocycles. The van der Waals surface area contributed by atoms with Crippen LogP contribution < -0.4 is 0 Å². The highest BCUT2D eigenvalue weighted by Crippen LogP contribution is 2.27. The summed E-state index contributed by atoms with van der Waals surface area (Å²) in [6, 6.07) is 5.62. The van der Waals surface area contributed by atoms with E-state index in [1.165, 1.54) is 0 Å². The average molecular weight is 381 g/mol. The summed E-state index contributed by atoms with van der Waals surface area (Å²) in [6.07, 6.45) is 5.35. The summed E-state index contributed by atoms with van der Waals surface area (Å²) in [5.41, 5.74) is 3.72. The predicted molar refractivity (Wildman–Crippen MR) is 106 cm³/mol. The van der Waals surface area contributed by atoms with Crippen LogP contribution in [0.5, 0.6) is 0 Å². The van der Waals surface area contributed by atoms with Crippen LogP contribution in [-0.4, -0.2) is 30.5 Å². The van der Waals surface area contributed by atoms with Crippen molar-refractivity contribution in [1.29, 1.82) is 0 Å². The number of hydrogen-bond acceptors (Lipinski definition) is 5. The van der Waals surface area contributed by atoms with Crippen molar-refractivity contribution in [3.63, 3.8) is 0 Å². The monoisotopic (exact) mass is 381 g/mol. The molecule has 0 aliphatic carbocycles. The summed E-state index contributed by atoms with van der Waals surface area (Å²) in [4.78, 5) is 17.1. The van der Waals surface area contributed by atoms with E-state index in [0.29, 0.717) is 17.2 Å². The van der Waals surface area contributed by atoms with Crippen LogP contribution in [0, 0.1) is 19.8 Å². The van der Waals surface area contributed by atoms with Gasteiger partial charge in [-0.1, -0.05) is 19.9 Å². The number of aromatic nitrogens is 5. The largest absolute Gasteiger partial charge is 0.447 e. The molecule has 1 atom stereocenters. The summed E-state index contributed by atoms with van der Waals surface area (Å²) in [6.45, 7) is 8.97. The van der Waals surface area contributed by atoms with E-state index < -0.39 is 12.1 Å². The molecule has 0 aliphatic heterocycles. The number of aryl methyl sites for hydroxylation is 3. The average Bonchev–Trinajstić information content (AvgIpc) is 3.20. The molecule has 0 bridgehead atoms. The lowest BCUT2D eigenvalue weighted by Gasteiger charge is -2.16. The van der Waals surface area contributed by atoms with Gasteiger partial charge in [0, 0.05) is 42.9 Å². The highest BCUT2D eigenvalue weighted by atomic mass is 16.5. The Morgan fingerprint density at radius 2 is 2.04 bits per heavy atom. The van der Waals surface area contributed by atoms with E-state index in [2.05, 4.69) is 29.0 Å². The molecular formula is C21H27N5O2. The van der Waals surface area contributed by atoms with Crippen LogP contribution in [0.4, 0.5) is 0 Å². The molecule has 28 heavy (non-hydrogen) atoms. The number of esters is 1. The summed E-state index contributed by atoms with van der Waals surface area (Å²) in [5, 5.41) is 8.86. The summed E-state index contributed by atoms with van der Waals surface area (Å²) in [7, 11) is 1.86. The number of nitrogens with zero attached hydrogens (tertiary/aromatic N) is 5. The minimum absolute atomic E-state index is 0.412. The lowest BCUT2D eigenvalue weighted by molar-refractivity contribution is 0.0368. The summed E-state index contributed by atoms with van der Waals surface area (Å²) in [5.74, 6) is 0.159. The first-order valence-corrected chi connectivity index (χ1v) is 9.50. The molecule has 3 aromatic rings. The third-order valence-electron chi connectivity index (χ3n) is 4.85. The number of rotatable bonds is 7. The molecule has 148 valence electrons. The Kier molecular flexibility index (Phi) is 5.92. The van der Waals surface area contributed by atoms with Crippen molar-refractivity contribution >= 4 is 5.97 Å². The van der Waals surface area contributed by atoms with Gasteiger partial charge in [0.1, 0.15) is 11.3 Å². The van der Waals surface area contributed by atoms with Crippen LogP contribution in [0.2, 0.25) is 0 Å². The number of pyridine rings is 1. The first-order chi connectivity index (χ1) is 13.4. The Morgan fingerprint density at radius 3 is 2.64 bits per heavy atom. The number of carbonyl (C=O) groups excluding carboxylic acids is 1. The van der Waals surface area contributed by atoms with Crippen molar-refractivity contribution in [2.24, 2.45) is 13.0 Å². The molecule has 3 rings (SSSR count). The predicted octanol–water partition coefficient (Wildman–Crippen LogP) is 3.62. The Labute approximate surface area is 165 Å².